The molecule has 15 rings (SSSR count). The Labute approximate surface area is 534 Å². The van der Waals surface area contributed by atoms with Crippen molar-refractivity contribution < 1.29 is 111 Å². The predicted octanol–water partition coefficient (Wildman–Crippen LogP) is 12.5. The lowest BCUT2D eigenvalue weighted by Gasteiger charge is -2.37. The first-order chi connectivity index (χ1) is 45.9. The van der Waals surface area contributed by atoms with Gasteiger partial charge in [0.25, 0.3) is 23.6 Å². The Balaban J connectivity index is 1.07. The Bertz CT molecular complexity index is 4170. The van der Waals surface area contributed by atoms with E-state index in [9.17, 15) is 27.2 Å². The minimum atomic E-state index is -5.24. The maximum Gasteiger partial charge on any atom is 0.391 e. The van der Waals surface area contributed by atoms with Crippen LogP contribution in [0.5, 0.6) is 46.0 Å². The lowest BCUT2D eigenvalue weighted by molar-refractivity contribution is -0.159. The van der Waals surface area contributed by atoms with E-state index >= 15 is 45.5 Å². The van der Waals surface area contributed by atoms with E-state index in [-0.39, 0.29) is 128 Å². The molecule has 9 aromatic carbocycles. The molecule has 0 radical (unpaired) electrons. The molecule has 96 heavy (non-hydrogen) atoms. The van der Waals surface area contributed by atoms with Crippen molar-refractivity contribution in [2.24, 2.45) is 0 Å². The highest BCUT2D eigenvalue weighted by atomic mass is 19.4. The standard InChI is InChI=1S/C68H46F10N4O14/c69-31-1-9-35(10-2-31)93-49-17-43-53-44(62(84)81(61(43)83)47(21-67(73,74)75)65(87)79(23-39-27-89-39)24-40-28-90-40)19-51(95-37-13-5-33(71)6-14-37)57-58-52(96-38-15-7-34(72)8-16-38)20-46-54-45(18-50(56(60(54)58)55(49)59(53)57)94-36-11-3-32(70)4-12-36)63(85)82(64(46)86)48(22-68(76,77)78)66(88)80(25-41-29-91-41)26-42-30-92-42/h1-20,39-42,47-48H,21-30H2. The number of hydrogen-bond donors (Lipinski definition) is 0. The molecule has 6 amide bonds. The van der Waals surface area contributed by atoms with Gasteiger partial charge in [-0.3, -0.25) is 38.6 Å². The smallest absolute Gasteiger partial charge is 0.391 e. The lowest BCUT2D eigenvalue weighted by atomic mass is 9.80. The maximum absolute atomic E-state index is 15.9. The molecule has 0 aromatic heterocycles. The Morgan fingerprint density at radius 2 is 0.604 bits per heavy atom. The van der Waals surface area contributed by atoms with Gasteiger partial charge in [-0.1, -0.05) is 0 Å². The summed E-state index contributed by atoms with van der Waals surface area (Å²) >= 11 is 0. The number of amides is 6. The van der Waals surface area contributed by atoms with Gasteiger partial charge in [0.1, 0.15) is 81.3 Å². The number of nitrogens with zero attached hydrogens (tertiary/aromatic N) is 4. The number of carbonyl (C=O) groups excluding carboxylic acids is 6. The molecule has 0 bridgehead atoms. The van der Waals surface area contributed by atoms with Crippen LogP contribution < -0.4 is 18.9 Å². The van der Waals surface area contributed by atoms with Gasteiger partial charge in [0, 0.05) is 69.3 Å². The fourth-order valence-electron chi connectivity index (χ4n) is 12.6. The second kappa shape index (κ2) is 23.3. The van der Waals surface area contributed by atoms with Crippen molar-refractivity contribution in [1.29, 1.82) is 0 Å². The molecule has 6 heterocycles. The fraction of sp³-hybridized carbons (Fsp3) is 0.265. The number of imide groups is 2. The van der Waals surface area contributed by atoms with Crippen LogP contribution >= 0.6 is 0 Å². The monoisotopic (exact) mass is 1330 g/mol. The normalized spacial score (nSPS) is 19.3. The van der Waals surface area contributed by atoms with Crippen molar-refractivity contribution >= 4 is 78.5 Å². The molecule has 28 heteroatoms. The van der Waals surface area contributed by atoms with Gasteiger partial charge in [-0.05, 0) is 121 Å². The van der Waals surface area contributed by atoms with Gasteiger partial charge in [-0.15, -0.1) is 0 Å². The Morgan fingerprint density at radius 1 is 0.385 bits per heavy atom. The van der Waals surface area contributed by atoms with Gasteiger partial charge in [-0.25, -0.2) is 17.6 Å². The van der Waals surface area contributed by atoms with Crippen molar-refractivity contribution in [2.75, 3.05) is 52.6 Å². The molecular formula is C68H46F10N4O14. The molecule has 9 aromatic rings. The molecule has 0 saturated carbocycles. The summed E-state index contributed by atoms with van der Waals surface area (Å²) in [5, 5.41) is -2.41. The molecule has 6 unspecified atom stereocenters. The highest BCUT2D eigenvalue weighted by Crippen LogP contribution is 2.58. The number of benzene rings is 9. The Kier molecular flexibility index (Phi) is 15.1. The Morgan fingerprint density at radius 3 is 0.802 bits per heavy atom. The van der Waals surface area contributed by atoms with Crippen LogP contribution in [-0.4, -0.2) is 157 Å². The zero-order chi connectivity index (χ0) is 67.0. The van der Waals surface area contributed by atoms with Gasteiger partial charge in [0.2, 0.25) is 11.8 Å². The highest BCUT2D eigenvalue weighted by molar-refractivity contribution is 6.45. The van der Waals surface area contributed by atoms with E-state index < -0.39 is 166 Å². The van der Waals surface area contributed by atoms with Crippen molar-refractivity contribution in [3.63, 3.8) is 0 Å². The van der Waals surface area contributed by atoms with Crippen LogP contribution in [0.25, 0.3) is 43.1 Å². The third kappa shape index (κ3) is 11.9. The highest BCUT2D eigenvalue weighted by Gasteiger charge is 2.52. The first kappa shape index (κ1) is 62.0. The van der Waals surface area contributed by atoms with Crippen molar-refractivity contribution in [3.8, 4) is 46.0 Å². The average molecular weight is 1330 g/mol. The molecule has 492 valence electrons. The summed E-state index contributed by atoms with van der Waals surface area (Å²) < 4.78 is 199. The largest absolute Gasteiger partial charge is 0.457 e. The minimum absolute atomic E-state index is 0.141. The summed E-state index contributed by atoms with van der Waals surface area (Å²) in [5.74, 6) is -14.4. The summed E-state index contributed by atoms with van der Waals surface area (Å²) in [6.45, 7) is -0.439. The number of alkyl halides is 6. The van der Waals surface area contributed by atoms with Crippen LogP contribution in [0, 0.1) is 23.3 Å². The number of epoxide rings is 4. The third-order valence-corrected chi connectivity index (χ3v) is 17.1. The summed E-state index contributed by atoms with van der Waals surface area (Å²) in [7, 11) is 0. The van der Waals surface area contributed by atoms with E-state index in [1.807, 2.05) is 0 Å². The number of rotatable bonds is 22. The van der Waals surface area contributed by atoms with Gasteiger partial charge in [0.05, 0.1) is 85.9 Å². The minimum Gasteiger partial charge on any atom is -0.457 e. The number of fused-ring (bicyclic) bond motifs is 2. The van der Waals surface area contributed by atoms with Crippen molar-refractivity contribution in [1.82, 2.24) is 19.6 Å². The van der Waals surface area contributed by atoms with Crippen LogP contribution in [0.1, 0.15) is 54.3 Å². The molecule has 0 spiro atoms. The number of ether oxygens (including phenoxy) is 8. The molecule has 6 aliphatic heterocycles. The first-order valence-corrected chi connectivity index (χ1v) is 29.9. The SMILES string of the molecule is O=C(C(CC(F)(F)F)N1C(=O)c2cc(Oc3ccc(F)cc3)c3c4c(Oc5ccc(F)cc5)cc5c6c(cc(Oc7ccc(F)cc7)c(c7c(Oc8ccc(F)cc8)cc(c2c37)C1=O)c64)C(=O)N(C(CC(F)(F)F)C(=O)N(CC1CO1)CC1CO1)C5=O)N(CC1CO1)CC1CO1. The van der Waals surface area contributed by atoms with Gasteiger partial charge in [0.15, 0.2) is 0 Å². The van der Waals surface area contributed by atoms with Crippen molar-refractivity contribution in [3.05, 3.63) is 167 Å². The predicted molar refractivity (Wildman–Crippen MR) is 316 cm³/mol. The topological polar surface area (TPSA) is 202 Å². The summed E-state index contributed by atoms with van der Waals surface area (Å²) in [6.07, 6.45) is -17.0. The van der Waals surface area contributed by atoms with Gasteiger partial charge in [-0.2, -0.15) is 26.3 Å². The molecule has 6 aliphatic rings. The number of hydrogen-bond acceptors (Lipinski definition) is 14. The summed E-state index contributed by atoms with van der Waals surface area (Å²) in [4.78, 5) is 95.7. The fourth-order valence-corrected chi connectivity index (χ4v) is 12.6. The van der Waals surface area contributed by atoms with Crippen molar-refractivity contribution in [2.45, 2.75) is 61.7 Å². The van der Waals surface area contributed by atoms with Crippen LogP contribution in [0.2, 0.25) is 0 Å². The second-order valence-electron chi connectivity index (χ2n) is 23.9. The first-order valence-electron chi connectivity index (χ1n) is 29.9. The van der Waals surface area contributed by atoms with Crippen LogP contribution in [-0.2, 0) is 28.5 Å². The van der Waals surface area contributed by atoms with E-state index in [2.05, 4.69) is 0 Å². The Hall–Kier alpha value is -10.2. The van der Waals surface area contributed by atoms with Crippen LogP contribution in [0.3, 0.4) is 0 Å². The summed E-state index contributed by atoms with van der Waals surface area (Å²) in [6, 6.07) is 15.9. The molecule has 4 saturated heterocycles. The molecule has 0 N–H and O–H groups in total. The van der Waals surface area contributed by atoms with E-state index in [4.69, 9.17) is 37.9 Å². The van der Waals surface area contributed by atoms with Crippen LogP contribution in [0.15, 0.2) is 121 Å². The molecule has 6 atom stereocenters. The van der Waals surface area contributed by atoms with E-state index in [1.165, 1.54) is 0 Å². The zero-order valence-corrected chi connectivity index (χ0v) is 49.4. The second-order valence-corrected chi connectivity index (χ2v) is 23.9. The van der Waals surface area contributed by atoms with E-state index in [1.54, 1.807) is 0 Å². The molecule has 18 nitrogen and oxygen atoms in total. The average Bonchev–Trinajstić information content (AvgIpc) is 1.14. The molecular weight excluding hydrogens is 1290 g/mol. The maximum atomic E-state index is 15.9. The number of halogens is 10. The zero-order valence-electron chi connectivity index (χ0n) is 49.4. The van der Waals surface area contributed by atoms with E-state index in [0.29, 0.717) is 0 Å². The van der Waals surface area contributed by atoms with E-state index in [0.717, 1.165) is 131 Å². The lowest BCUT2D eigenvalue weighted by Crippen LogP contribution is -2.57. The van der Waals surface area contributed by atoms with Gasteiger partial charge < -0.3 is 47.7 Å². The number of carbonyl (C=O) groups is 6. The molecule has 4 fully saturated rings. The third-order valence-electron chi connectivity index (χ3n) is 17.1. The van der Waals surface area contributed by atoms with Crippen LogP contribution in [0.4, 0.5) is 43.9 Å². The molecule has 0 aliphatic carbocycles. The van der Waals surface area contributed by atoms with Gasteiger partial charge >= 0.3 is 12.4 Å². The summed E-state index contributed by atoms with van der Waals surface area (Å²) in [5.41, 5.74) is -2.42. The quantitative estimate of drug-likeness (QED) is 0.0204.